The maximum absolute atomic E-state index is 14.2. The van der Waals surface area contributed by atoms with Crippen molar-refractivity contribution in [1.82, 2.24) is 20.1 Å². The van der Waals surface area contributed by atoms with Crippen molar-refractivity contribution in [1.29, 1.82) is 0 Å². The van der Waals surface area contributed by atoms with E-state index in [9.17, 15) is 22.4 Å². The molecule has 33 heavy (non-hydrogen) atoms. The second kappa shape index (κ2) is 8.98. The van der Waals surface area contributed by atoms with Gasteiger partial charge in [-0.05, 0) is 48.7 Å². The van der Waals surface area contributed by atoms with Crippen molar-refractivity contribution in [3.05, 3.63) is 82.2 Å². The van der Waals surface area contributed by atoms with E-state index in [-0.39, 0.29) is 17.7 Å². The summed E-state index contributed by atoms with van der Waals surface area (Å²) >= 11 is 0. The van der Waals surface area contributed by atoms with E-state index >= 15 is 0 Å². The fraction of sp³-hybridized carbons (Fsp3) is 0.238. The number of nitrogens with zero attached hydrogens (tertiary/aromatic N) is 5. The Bertz CT molecular complexity index is 1220. The standard InChI is InChI=1S/C21H19F4N7O/c1-31-18(28-29-30-31)9-4-13-2-6-15(7-3-13)32-11-10-26-19(20(32)33)27-17-8-5-14(12-16(17)22)21(23,24)25/h2-3,5-8,10-12,18H,4,9H2,1H3,(H,26,27)(H,28,30). The molecule has 3 aromatic rings. The number of rotatable bonds is 6. The monoisotopic (exact) mass is 461 g/mol. The van der Waals surface area contributed by atoms with Crippen LogP contribution in [0.3, 0.4) is 0 Å². The van der Waals surface area contributed by atoms with Crippen LogP contribution in [0.2, 0.25) is 0 Å². The Morgan fingerprint density at radius 1 is 1.15 bits per heavy atom. The quantitative estimate of drug-likeness (QED) is 0.537. The minimum Gasteiger partial charge on any atom is -0.333 e. The summed E-state index contributed by atoms with van der Waals surface area (Å²) in [7, 11) is 1.85. The van der Waals surface area contributed by atoms with Gasteiger partial charge in [0.1, 0.15) is 12.0 Å². The van der Waals surface area contributed by atoms with Crippen LogP contribution >= 0.6 is 0 Å². The van der Waals surface area contributed by atoms with Crippen LogP contribution in [0.25, 0.3) is 5.69 Å². The molecule has 0 amide bonds. The van der Waals surface area contributed by atoms with Gasteiger partial charge in [-0.15, -0.1) is 5.11 Å². The summed E-state index contributed by atoms with van der Waals surface area (Å²) in [5, 5.41) is 12.1. The van der Waals surface area contributed by atoms with E-state index in [1.165, 1.54) is 17.0 Å². The molecule has 1 aliphatic heterocycles. The number of hydrazine groups is 1. The summed E-state index contributed by atoms with van der Waals surface area (Å²) in [6, 6.07) is 9.29. The van der Waals surface area contributed by atoms with Crippen LogP contribution in [-0.4, -0.2) is 27.8 Å². The smallest absolute Gasteiger partial charge is 0.333 e. The minimum atomic E-state index is -4.67. The number of anilines is 2. The van der Waals surface area contributed by atoms with Crippen molar-refractivity contribution < 1.29 is 17.6 Å². The third-order valence-electron chi connectivity index (χ3n) is 5.14. The molecule has 1 unspecified atom stereocenters. The number of hydrogen-bond donors (Lipinski definition) is 2. The molecule has 8 nitrogen and oxygen atoms in total. The topological polar surface area (TPSA) is 86.9 Å². The third kappa shape index (κ3) is 5.00. The highest BCUT2D eigenvalue weighted by atomic mass is 19.4. The van der Waals surface area contributed by atoms with E-state index in [2.05, 4.69) is 26.2 Å². The number of benzene rings is 2. The Morgan fingerprint density at radius 3 is 2.55 bits per heavy atom. The zero-order valence-electron chi connectivity index (χ0n) is 17.3. The van der Waals surface area contributed by atoms with E-state index in [1.54, 1.807) is 17.1 Å². The molecule has 0 saturated heterocycles. The molecule has 172 valence electrons. The van der Waals surface area contributed by atoms with Crippen molar-refractivity contribution in [3.8, 4) is 5.69 Å². The molecule has 0 saturated carbocycles. The molecule has 0 bridgehead atoms. The number of aryl methyl sites for hydroxylation is 1. The molecule has 0 fully saturated rings. The predicted molar refractivity (Wildman–Crippen MR) is 112 cm³/mol. The van der Waals surface area contributed by atoms with Crippen LogP contribution in [0, 0.1) is 5.82 Å². The molecule has 2 N–H and O–H groups in total. The van der Waals surface area contributed by atoms with Gasteiger partial charge in [0.25, 0.3) is 5.56 Å². The first-order valence-corrected chi connectivity index (χ1v) is 9.91. The number of alkyl halides is 3. The van der Waals surface area contributed by atoms with Crippen LogP contribution in [0.1, 0.15) is 17.5 Å². The van der Waals surface area contributed by atoms with Gasteiger partial charge in [-0.2, -0.15) is 18.2 Å². The zero-order valence-corrected chi connectivity index (χ0v) is 17.3. The molecule has 0 spiro atoms. The summed E-state index contributed by atoms with van der Waals surface area (Å²) in [6.45, 7) is 0. The normalized spacial score (nSPS) is 16.1. The lowest BCUT2D eigenvalue weighted by Crippen LogP contribution is -2.33. The van der Waals surface area contributed by atoms with Crippen molar-refractivity contribution in [3.63, 3.8) is 0 Å². The summed E-state index contributed by atoms with van der Waals surface area (Å²) in [4.78, 5) is 16.7. The molecule has 0 aliphatic carbocycles. The molecule has 1 aliphatic rings. The van der Waals surface area contributed by atoms with Gasteiger partial charge in [0.2, 0.25) is 0 Å². The lowest BCUT2D eigenvalue weighted by molar-refractivity contribution is -0.137. The number of halogens is 4. The SMILES string of the molecule is CN1NN=NC1CCc1ccc(-n2ccnc(Nc3ccc(C(F)(F)F)cc3F)c2=O)cc1. The Morgan fingerprint density at radius 2 is 1.91 bits per heavy atom. The van der Waals surface area contributed by atoms with Gasteiger partial charge in [-0.3, -0.25) is 9.36 Å². The summed E-state index contributed by atoms with van der Waals surface area (Å²) in [6.07, 6.45) is -0.419. The Balaban J connectivity index is 1.50. The lowest BCUT2D eigenvalue weighted by Gasteiger charge is -2.15. The highest BCUT2D eigenvalue weighted by Crippen LogP contribution is 2.31. The Kier molecular flexibility index (Phi) is 6.09. The summed E-state index contributed by atoms with van der Waals surface area (Å²) < 4.78 is 53.7. The number of nitrogens with one attached hydrogen (secondary N) is 2. The van der Waals surface area contributed by atoms with Gasteiger partial charge in [0.05, 0.1) is 11.3 Å². The average molecular weight is 461 g/mol. The first-order chi connectivity index (χ1) is 15.7. The second-order valence-electron chi connectivity index (χ2n) is 7.38. The van der Waals surface area contributed by atoms with Gasteiger partial charge in [-0.25, -0.2) is 14.9 Å². The van der Waals surface area contributed by atoms with Gasteiger partial charge >= 0.3 is 6.18 Å². The molecule has 1 aromatic heterocycles. The van der Waals surface area contributed by atoms with Crippen LogP contribution in [0.5, 0.6) is 0 Å². The van der Waals surface area contributed by atoms with E-state index in [0.29, 0.717) is 11.8 Å². The average Bonchev–Trinajstić information content (AvgIpc) is 3.19. The van der Waals surface area contributed by atoms with Gasteiger partial charge in [0.15, 0.2) is 5.82 Å². The Labute approximate surface area is 185 Å². The van der Waals surface area contributed by atoms with E-state index in [4.69, 9.17) is 0 Å². The zero-order chi connectivity index (χ0) is 23.6. The van der Waals surface area contributed by atoms with E-state index < -0.39 is 23.1 Å². The minimum absolute atomic E-state index is 0.0493. The van der Waals surface area contributed by atoms with E-state index in [1.807, 2.05) is 19.2 Å². The van der Waals surface area contributed by atoms with Gasteiger partial charge in [-0.1, -0.05) is 17.4 Å². The maximum atomic E-state index is 14.2. The molecule has 12 heteroatoms. The third-order valence-corrected chi connectivity index (χ3v) is 5.14. The van der Waals surface area contributed by atoms with Crippen LogP contribution in [0.15, 0.2) is 70.0 Å². The molecule has 2 heterocycles. The Hall–Kier alpha value is -3.80. The summed E-state index contributed by atoms with van der Waals surface area (Å²) in [5.74, 6) is -1.37. The first kappa shape index (κ1) is 22.4. The van der Waals surface area contributed by atoms with Gasteiger partial charge < -0.3 is 5.32 Å². The fourth-order valence-corrected chi connectivity index (χ4v) is 3.30. The molecular formula is C21H19F4N7O. The lowest BCUT2D eigenvalue weighted by atomic mass is 10.1. The molecule has 2 aromatic carbocycles. The molecule has 0 radical (unpaired) electrons. The number of hydrogen-bond acceptors (Lipinski definition) is 7. The molecule has 1 atom stereocenters. The predicted octanol–water partition coefficient (Wildman–Crippen LogP) is 4.21. The van der Waals surface area contributed by atoms with Crippen LogP contribution < -0.4 is 16.4 Å². The van der Waals surface area contributed by atoms with Crippen molar-refractivity contribution in [2.75, 3.05) is 12.4 Å². The van der Waals surface area contributed by atoms with Crippen LogP contribution in [-0.2, 0) is 12.6 Å². The first-order valence-electron chi connectivity index (χ1n) is 9.91. The van der Waals surface area contributed by atoms with Crippen LogP contribution in [0.4, 0.5) is 29.1 Å². The summed E-state index contributed by atoms with van der Waals surface area (Å²) in [5.41, 5.74) is 2.36. The largest absolute Gasteiger partial charge is 0.416 e. The fourth-order valence-electron chi connectivity index (χ4n) is 3.30. The maximum Gasteiger partial charge on any atom is 0.416 e. The molecular weight excluding hydrogens is 442 g/mol. The highest BCUT2D eigenvalue weighted by molar-refractivity contribution is 5.57. The van der Waals surface area contributed by atoms with Crippen molar-refractivity contribution in [2.24, 2.45) is 10.3 Å². The van der Waals surface area contributed by atoms with Crippen molar-refractivity contribution >= 4 is 11.5 Å². The van der Waals surface area contributed by atoms with E-state index in [0.717, 1.165) is 30.5 Å². The molecule has 4 rings (SSSR count). The van der Waals surface area contributed by atoms with Crippen molar-refractivity contribution in [2.45, 2.75) is 25.2 Å². The van der Waals surface area contributed by atoms with Gasteiger partial charge in [0, 0.05) is 25.1 Å². The highest BCUT2D eigenvalue weighted by Gasteiger charge is 2.31. The second-order valence-corrected chi connectivity index (χ2v) is 7.38. The number of aromatic nitrogens is 2.